The Hall–Kier alpha value is -1.11. The highest BCUT2D eigenvalue weighted by atomic mass is 16.7. The van der Waals surface area contributed by atoms with Crippen molar-refractivity contribution in [3.8, 4) is 0 Å². The molecular formula is C38H60O10. The second-order valence-electron chi connectivity index (χ2n) is 18.7. The maximum atomic E-state index is 13.5. The van der Waals surface area contributed by atoms with E-state index in [1.54, 1.807) is 0 Å². The molecule has 0 aromatic heterocycles. The van der Waals surface area contributed by atoms with Gasteiger partial charge in [0.1, 0.15) is 18.3 Å². The Bertz CT molecular complexity index is 1320. The Morgan fingerprint density at radius 3 is 2.25 bits per heavy atom. The largest absolute Gasteiger partial charge is 0.481 e. The first-order valence-corrected chi connectivity index (χ1v) is 18.6. The predicted octanol–water partition coefficient (Wildman–Crippen LogP) is 3.25. The van der Waals surface area contributed by atoms with E-state index in [1.165, 1.54) is 5.57 Å². The van der Waals surface area contributed by atoms with Gasteiger partial charge < -0.3 is 45.2 Å². The molecule has 6 aliphatic carbocycles. The molecule has 7 rings (SSSR count). The summed E-state index contributed by atoms with van der Waals surface area (Å²) in [6.45, 7) is 10.9. The summed E-state index contributed by atoms with van der Waals surface area (Å²) in [5.41, 5.74) is -1.50. The van der Waals surface area contributed by atoms with E-state index in [0.29, 0.717) is 19.3 Å². The fourth-order valence-corrected chi connectivity index (χ4v) is 14.1. The number of carboxylic acid groups (broad SMARTS) is 1. The fraction of sp³-hybridized carbons (Fsp3) is 0.921. The summed E-state index contributed by atoms with van der Waals surface area (Å²) in [5, 5.41) is 75.7. The first-order chi connectivity index (χ1) is 22.5. The standard InChI is InChI=1S/C38H60O10/c1-33(18-39)13-21-8-6-7-20-14-38(21,32(45)46)23(15-33)22-9-10-27-34(2)16-24(41)30(48-31-29(44)28(43)25(42)17-47-31)35(3,19-40)26(34)11-12-36(27,4)37(20,22)5/h9,20-21,23-31,39-44H,6-8,10-19H2,1-5H3,(H,45,46)/t20-,21-,23-,24+,25+,26-,27+,28-,29+,30+,31-,33-,34-,35-,36+,37+,38+/m0/s1. The molecule has 1 aliphatic heterocycles. The number of hydrogen-bond acceptors (Lipinski definition) is 9. The van der Waals surface area contributed by atoms with E-state index in [1.807, 2.05) is 6.92 Å². The third-order valence-corrected chi connectivity index (χ3v) is 16.6. The highest BCUT2D eigenvalue weighted by Gasteiger charge is 2.74. The van der Waals surface area contributed by atoms with Crippen LogP contribution in [0.5, 0.6) is 0 Å². The molecule has 10 nitrogen and oxygen atoms in total. The molecule has 0 aromatic rings. The van der Waals surface area contributed by atoms with Crippen molar-refractivity contribution in [2.24, 2.45) is 62.1 Å². The molecule has 0 aromatic carbocycles. The van der Waals surface area contributed by atoms with Crippen LogP contribution in [0.2, 0.25) is 0 Å². The van der Waals surface area contributed by atoms with Crippen LogP contribution in [0.15, 0.2) is 11.6 Å². The first kappa shape index (κ1) is 35.3. The van der Waals surface area contributed by atoms with Crippen LogP contribution >= 0.6 is 0 Å². The third kappa shape index (κ3) is 4.42. The lowest BCUT2D eigenvalue weighted by Crippen LogP contribution is -2.70. The van der Waals surface area contributed by atoms with Gasteiger partial charge >= 0.3 is 5.97 Å². The van der Waals surface area contributed by atoms with Crippen molar-refractivity contribution in [1.29, 1.82) is 0 Å². The van der Waals surface area contributed by atoms with Crippen molar-refractivity contribution in [1.82, 2.24) is 0 Å². The molecule has 7 aliphatic rings. The molecule has 17 atom stereocenters. The van der Waals surface area contributed by atoms with Crippen molar-refractivity contribution in [3.05, 3.63) is 11.6 Å². The van der Waals surface area contributed by atoms with Crippen LogP contribution in [0.25, 0.3) is 0 Å². The van der Waals surface area contributed by atoms with E-state index < -0.39 is 53.6 Å². The third-order valence-electron chi connectivity index (χ3n) is 16.6. The maximum absolute atomic E-state index is 13.5. The van der Waals surface area contributed by atoms with Crippen molar-refractivity contribution < 1.29 is 50.0 Å². The molecule has 0 spiro atoms. The van der Waals surface area contributed by atoms with Crippen LogP contribution in [-0.4, -0.2) is 98.3 Å². The van der Waals surface area contributed by atoms with Gasteiger partial charge in [0.2, 0.25) is 0 Å². The van der Waals surface area contributed by atoms with Gasteiger partial charge in [0.05, 0.1) is 30.8 Å². The minimum atomic E-state index is -1.50. The van der Waals surface area contributed by atoms with Gasteiger partial charge in [-0.2, -0.15) is 0 Å². The Labute approximate surface area is 284 Å². The lowest BCUT2D eigenvalue weighted by Gasteiger charge is -2.73. The van der Waals surface area contributed by atoms with E-state index in [-0.39, 0.29) is 71.1 Å². The highest BCUT2D eigenvalue weighted by Crippen LogP contribution is 2.78. The van der Waals surface area contributed by atoms with Crippen molar-refractivity contribution >= 4 is 5.97 Å². The van der Waals surface area contributed by atoms with E-state index in [9.17, 15) is 40.5 Å². The smallest absolute Gasteiger partial charge is 0.310 e. The lowest BCUT2D eigenvalue weighted by atomic mass is 9.31. The lowest BCUT2D eigenvalue weighted by molar-refractivity contribution is -0.328. The van der Waals surface area contributed by atoms with Gasteiger partial charge in [-0.15, -0.1) is 0 Å². The number of hydrogen-bond donors (Lipinski definition) is 7. The molecule has 48 heavy (non-hydrogen) atoms. The number of aliphatic hydroxyl groups is 6. The van der Waals surface area contributed by atoms with Crippen LogP contribution in [0.1, 0.15) is 98.8 Å². The van der Waals surface area contributed by atoms with Crippen LogP contribution in [-0.2, 0) is 14.3 Å². The van der Waals surface area contributed by atoms with Crippen LogP contribution in [0, 0.1) is 62.1 Å². The number of carbonyl (C=O) groups is 1. The molecule has 1 heterocycles. The molecule has 0 amide bonds. The SMILES string of the molecule is C[C@]1(CO)C[C@@H]2CCC[C@H]3C[C@]2(C(=O)O)[C@@H](C1)C1=CC[C@@H]2[C@@]4(C)C[C@@H](O)[C@@H](O[C@@H]5OC[C@@H](O)[C@H](O)[C@H]5O)[C@@](C)(CO)[C@H]4CC[C@@]2(C)[C@@]13C. The number of fused-ring (bicyclic) bond motifs is 8. The molecule has 2 bridgehead atoms. The molecule has 7 N–H and O–H groups in total. The first-order valence-electron chi connectivity index (χ1n) is 18.6. The molecule has 0 unspecified atom stereocenters. The van der Waals surface area contributed by atoms with E-state index >= 15 is 0 Å². The molecule has 10 heteroatoms. The molecule has 6 fully saturated rings. The minimum absolute atomic E-state index is 0.0242. The minimum Gasteiger partial charge on any atom is -0.481 e. The summed E-state index contributed by atoms with van der Waals surface area (Å²) in [5.74, 6) is -0.383. The van der Waals surface area contributed by atoms with Crippen LogP contribution in [0.3, 0.4) is 0 Å². The Kier molecular flexibility index (Phi) is 8.42. The van der Waals surface area contributed by atoms with Gasteiger partial charge in [0.15, 0.2) is 6.29 Å². The van der Waals surface area contributed by atoms with E-state index in [2.05, 4.69) is 33.8 Å². The molecule has 1 saturated heterocycles. The summed E-state index contributed by atoms with van der Waals surface area (Å²) in [7, 11) is 0. The quantitative estimate of drug-likeness (QED) is 0.169. The highest BCUT2D eigenvalue weighted by molar-refractivity contribution is 5.77. The Balaban J connectivity index is 1.28. The van der Waals surface area contributed by atoms with Gasteiger partial charge in [-0.25, -0.2) is 0 Å². The molecule has 0 radical (unpaired) electrons. The topological polar surface area (TPSA) is 177 Å². The Morgan fingerprint density at radius 2 is 1.58 bits per heavy atom. The monoisotopic (exact) mass is 676 g/mol. The van der Waals surface area contributed by atoms with Crippen molar-refractivity contribution in [3.63, 3.8) is 0 Å². The van der Waals surface area contributed by atoms with Gasteiger partial charge in [-0.05, 0) is 109 Å². The zero-order valence-electron chi connectivity index (χ0n) is 29.5. The van der Waals surface area contributed by atoms with Crippen molar-refractivity contribution in [2.75, 3.05) is 19.8 Å². The zero-order chi connectivity index (χ0) is 34.8. The number of aliphatic hydroxyl groups excluding tert-OH is 6. The van der Waals surface area contributed by atoms with E-state index in [0.717, 1.165) is 44.9 Å². The number of rotatable bonds is 5. The summed E-state index contributed by atoms with van der Waals surface area (Å²) >= 11 is 0. The number of aliphatic carboxylic acids is 1. The average Bonchev–Trinajstić information content (AvgIpc) is 3.22. The fourth-order valence-electron chi connectivity index (χ4n) is 14.1. The number of carboxylic acids is 1. The van der Waals surface area contributed by atoms with Gasteiger partial charge in [0, 0.05) is 12.0 Å². The normalized spacial score (nSPS) is 57.7. The van der Waals surface area contributed by atoms with Crippen LogP contribution < -0.4 is 0 Å². The predicted molar refractivity (Wildman–Crippen MR) is 175 cm³/mol. The van der Waals surface area contributed by atoms with E-state index in [4.69, 9.17) is 9.47 Å². The summed E-state index contributed by atoms with van der Waals surface area (Å²) in [4.78, 5) is 13.5. The summed E-state index contributed by atoms with van der Waals surface area (Å²) < 4.78 is 11.9. The van der Waals surface area contributed by atoms with Gasteiger partial charge in [0.25, 0.3) is 0 Å². The van der Waals surface area contributed by atoms with Gasteiger partial charge in [-0.3, -0.25) is 4.79 Å². The summed E-state index contributed by atoms with van der Waals surface area (Å²) in [6, 6.07) is 0. The maximum Gasteiger partial charge on any atom is 0.310 e. The second kappa shape index (κ2) is 11.4. The summed E-state index contributed by atoms with van der Waals surface area (Å²) in [6.07, 6.45) is 2.99. The van der Waals surface area contributed by atoms with Crippen LogP contribution in [0.4, 0.5) is 0 Å². The zero-order valence-corrected chi connectivity index (χ0v) is 29.5. The molecule has 5 saturated carbocycles. The number of allylic oxidation sites excluding steroid dienone is 2. The average molecular weight is 677 g/mol. The second-order valence-corrected chi connectivity index (χ2v) is 18.7. The molecule has 272 valence electrons. The molecular weight excluding hydrogens is 616 g/mol. The number of ether oxygens (including phenoxy) is 2. The Morgan fingerprint density at radius 1 is 0.875 bits per heavy atom. The van der Waals surface area contributed by atoms with Gasteiger partial charge in [-0.1, -0.05) is 52.7 Å². The van der Waals surface area contributed by atoms with Crippen molar-refractivity contribution in [2.45, 2.75) is 136 Å².